The van der Waals surface area contributed by atoms with E-state index in [0.29, 0.717) is 0 Å². The summed E-state index contributed by atoms with van der Waals surface area (Å²) < 4.78 is 0.877. The molecule has 0 aliphatic rings. The number of hydrogen-bond donors (Lipinski definition) is 0. The van der Waals surface area contributed by atoms with E-state index in [-0.39, 0.29) is 0 Å². The minimum Gasteiger partial charge on any atom is -0.249 e. The van der Waals surface area contributed by atoms with Gasteiger partial charge in [-0.25, -0.2) is 4.98 Å². The second-order valence-corrected chi connectivity index (χ2v) is 4.00. The maximum absolute atomic E-state index is 4.18. The quantitative estimate of drug-likeness (QED) is 0.699. The molecule has 0 radical (unpaired) electrons. The fourth-order valence-electron chi connectivity index (χ4n) is 1.43. The number of hydrogen-bond acceptors (Lipinski definition) is 1. The fraction of sp³-hybridized carbons (Fsp3) is 0.0833. The number of benzene rings is 1. The Morgan fingerprint density at radius 3 is 2.57 bits per heavy atom. The van der Waals surface area contributed by atoms with Crippen molar-refractivity contribution in [2.24, 2.45) is 0 Å². The molecule has 0 spiro atoms. The maximum atomic E-state index is 4.18. The summed E-state index contributed by atoms with van der Waals surface area (Å²) in [5.41, 5.74) is 3.65. The molecule has 0 saturated carbocycles. The van der Waals surface area contributed by atoms with E-state index < -0.39 is 0 Å². The highest BCUT2D eigenvalue weighted by atomic mass is 79.9. The van der Waals surface area contributed by atoms with Crippen molar-refractivity contribution in [3.8, 4) is 11.1 Å². The van der Waals surface area contributed by atoms with Gasteiger partial charge in [-0.2, -0.15) is 0 Å². The molecule has 1 aromatic carbocycles. The Bertz CT molecular complexity index is 437. The van der Waals surface area contributed by atoms with E-state index in [4.69, 9.17) is 0 Å². The van der Waals surface area contributed by atoms with Crippen LogP contribution in [-0.4, -0.2) is 4.98 Å². The van der Waals surface area contributed by atoms with Crippen molar-refractivity contribution in [3.63, 3.8) is 0 Å². The van der Waals surface area contributed by atoms with Gasteiger partial charge in [0.2, 0.25) is 0 Å². The predicted octanol–water partition coefficient (Wildman–Crippen LogP) is 3.82. The molecule has 2 heteroatoms. The summed E-state index contributed by atoms with van der Waals surface area (Å²) in [6.07, 6.45) is 1.88. The normalized spacial score (nSPS) is 10.1. The SMILES string of the molecule is Cc1cnc(Br)cc1-c1ccccc1. The lowest BCUT2D eigenvalue weighted by atomic mass is 10.0. The third kappa shape index (κ3) is 1.85. The molecular formula is C12H10BrN. The summed E-state index contributed by atoms with van der Waals surface area (Å²) >= 11 is 3.38. The summed E-state index contributed by atoms with van der Waals surface area (Å²) in [5.74, 6) is 0. The van der Waals surface area contributed by atoms with Gasteiger partial charge in [0.15, 0.2) is 0 Å². The molecule has 0 fully saturated rings. The molecular weight excluding hydrogens is 238 g/mol. The first-order chi connectivity index (χ1) is 6.77. The fourth-order valence-corrected chi connectivity index (χ4v) is 1.76. The molecule has 2 rings (SSSR count). The van der Waals surface area contributed by atoms with Gasteiger partial charge in [0.25, 0.3) is 0 Å². The number of aromatic nitrogens is 1. The van der Waals surface area contributed by atoms with Gasteiger partial charge in [0.05, 0.1) is 0 Å². The monoisotopic (exact) mass is 247 g/mol. The Labute approximate surface area is 91.9 Å². The van der Waals surface area contributed by atoms with Crippen LogP contribution in [0.25, 0.3) is 11.1 Å². The van der Waals surface area contributed by atoms with Crippen molar-refractivity contribution in [1.29, 1.82) is 0 Å². The van der Waals surface area contributed by atoms with Gasteiger partial charge in [0, 0.05) is 6.20 Å². The van der Waals surface area contributed by atoms with Crippen LogP contribution >= 0.6 is 15.9 Å². The topological polar surface area (TPSA) is 12.9 Å². The molecule has 1 nitrogen and oxygen atoms in total. The predicted molar refractivity (Wildman–Crippen MR) is 62.1 cm³/mol. The molecule has 0 aliphatic carbocycles. The first-order valence-corrected chi connectivity index (χ1v) is 5.24. The Kier molecular flexibility index (Phi) is 2.64. The molecule has 2 aromatic rings. The van der Waals surface area contributed by atoms with Crippen LogP contribution in [-0.2, 0) is 0 Å². The number of nitrogens with zero attached hydrogens (tertiary/aromatic N) is 1. The average Bonchev–Trinajstić information content (AvgIpc) is 2.23. The Morgan fingerprint density at radius 1 is 1.14 bits per heavy atom. The van der Waals surface area contributed by atoms with Crippen LogP contribution in [0.3, 0.4) is 0 Å². The van der Waals surface area contributed by atoms with Crippen molar-refractivity contribution in [1.82, 2.24) is 4.98 Å². The molecule has 0 atom stereocenters. The Hall–Kier alpha value is -1.15. The summed E-state index contributed by atoms with van der Waals surface area (Å²) in [5, 5.41) is 0. The number of aryl methyl sites for hydroxylation is 1. The van der Waals surface area contributed by atoms with E-state index in [2.05, 4.69) is 40.0 Å². The van der Waals surface area contributed by atoms with Gasteiger partial charge in [-0.05, 0) is 45.6 Å². The zero-order valence-electron chi connectivity index (χ0n) is 7.87. The summed E-state index contributed by atoms with van der Waals surface area (Å²) in [6, 6.07) is 12.4. The Morgan fingerprint density at radius 2 is 1.86 bits per heavy atom. The van der Waals surface area contributed by atoms with Crippen molar-refractivity contribution in [2.75, 3.05) is 0 Å². The number of halogens is 1. The van der Waals surface area contributed by atoms with Crippen LogP contribution in [0, 0.1) is 6.92 Å². The van der Waals surface area contributed by atoms with E-state index in [9.17, 15) is 0 Å². The lowest BCUT2D eigenvalue weighted by molar-refractivity contribution is 1.23. The smallest absolute Gasteiger partial charge is 0.106 e. The largest absolute Gasteiger partial charge is 0.249 e. The molecule has 1 heterocycles. The van der Waals surface area contributed by atoms with Crippen molar-refractivity contribution in [3.05, 3.63) is 52.8 Å². The molecule has 1 aromatic heterocycles. The lowest BCUT2D eigenvalue weighted by Crippen LogP contribution is -1.85. The van der Waals surface area contributed by atoms with E-state index in [1.807, 2.05) is 30.5 Å². The average molecular weight is 248 g/mol. The number of rotatable bonds is 1. The van der Waals surface area contributed by atoms with Crippen molar-refractivity contribution in [2.45, 2.75) is 6.92 Å². The van der Waals surface area contributed by atoms with Gasteiger partial charge in [-0.3, -0.25) is 0 Å². The van der Waals surface area contributed by atoms with Gasteiger partial charge >= 0.3 is 0 Å². The number of pyridine rings is 1. The highest BCUT2D eigenvalue weighted by Crippen LogP contribution is 2.24. The van der Waals surface area contributed by atoms with E-state index in [1.165, 1.54) is 16.7 Å². The minimum atomic E-state index is 0.877. The minimum absolute atomic E-state index is 0.877. The molecule has 0 N–H and O–H groups in total. The van der Waals surface area contributed by atoms with Gasteiger partial charge in [0.1, 0.15) is 4.60 Å². The zero-order chi connectivity index (χ0) is 9.97. The molecule has 0 saturated heterocycles. The van der Waals surface area contributed by atoms with Crippen molar-refractivity contribution < 1.29 is 0 Å². The van der Waals surface area contributed by atoms with Crippen LogP contribution in [0.4, 0.5) is 0 Å². The maximum Gasteiger partial charge on any atom is 0.106 e. The third-order valence-corrected chi connectivity index (χ3v) is 2.59. The van der Waals surface area contributed by atoms with E-state index >= 15 is 0 Å². The third-order valence-electron chi connectivity index (χ3n) is 2.15. The Balaban J connectivity index is 2.57. The van der Waals surface area contributed by atoms with Crippen molar-refractivity contribution >= 4 is 15.9 Å². The zero-order valence-corrected chi connectivity index (χ0v) is 9.45. The summed E-state index contributed by atoms with van der Waals surface area (Å²) in [4.78, 5) is 4.18. The van der Waals surface area contributed by atoms with E-state index in [0.717, 1.165) is 4.60 Å². The summed E-state index contributed by atoms with van der Waals surface area (Å²) in [7, 11) is 0. The summed E-state index contributed by atoms with van der Waals surface area (Å²) in [6.45, 7) is 2.07. The molecule has 0 amide bonds. The van der Waals surface area contributed by atoms with Crippen LogP contribution in [0.1, 0.15) is 5.56 Å². The second kappa shape index (κ2) is 3.93. The molecule has 14 heavy (non-hydrogen) atoms. The molecule has 0 aliphatic heterocycles. The first-order valence-electron chi connectivity index (χ1n) is 4.45. The van der Waals surface area contributed by atoms with Crippen LogP contribution in [0.15, 0.2) is 47.2 Å². The van der Waals surface area contributed by atoms with Gasteiger partial charge in [-0.15, -0.1) is 0 Å². The molecule has 0 bridgehead atoms. The van der Waals surface area contributed by atoms with E-state index in [1.54, 1.807) is 0 Å². The molecule has 70 valence electrons. The van der Waals surface area contributed by atoms with Crippen LogP contribution in [0.5, 0.6) is 0 Å². The van der Waals surface area contributed by atoms with Crippen LogP contribution < -0.4 is 0 Å². The standard InChI is InChI=1S/C12H10BrN/c1-9-8-14-12(13)7-11(9)10-5-3-2-4-6-10/h2-8H,1H3. The first kappa shape index (κ1) is 9.41. The van der Waals surface area contributed by atoms with Crippen LogP contribution in [0.2, 0.25) is 0 Å². The lowest BCUT2D eigenvalue weighted by Gasteiger charge is -2.05. The highest BCUT2D eigenvalue weighted by molar-refractivity contribution is 9.10. The highest BCUT2D eigenvalue weighted by Gasteiger charge is 2.01. The molecule has 0 unspecified atom stereocenters. The second-order valence-electron chi connectivity index (χ2n) is 3.19. The van der Waals surface area contributed by atoms with Gasteiger partial charge in [-0.1, -0.05) is 30.3 Å². The van der Waals surface area contributed by atoms with Gasteiger partial charge < -0.3 is 0 Å².